The Balaban J connectivity index is 1.69. The van der Waals surface area contributed by atoms with Crippen molar-refractivity contribution in [1.82, 2.24) is 10.1 Å². The number of sulfonamides is 1. The molecule has 0 aliphatic rings. The molecule has 0 aliphatic heterocycles. The number of methoxy groups -OCH3 is 1. The highest BCUT2D eigenvalue weighted by atomic mass is 32.2. The van der Waals surface area contributed by atoms with E-state index in [2.05, 4.69) is 14.9 Å². The van der Waals surface area contributed by atoms with Gasteiger partial charge in [0.15, 0.2) is 0 Å². The second-order valence-corrected chi connectivity index (χ2v) is 7.91. The van der Waals surface area contributed by atoms with Crippen molar-refractivity contribution in [3.05, 3.63) is 78.6 Å². The third kappa shape index (κ3) is 3.87. The first kappa shape index (κ1) is 19.6. The first-order valence-electron chi connectivity index (χ1n) is 8.83. The van der Waals surface area contributed by atoms with Crippen LogP contribution in [0.2, 0.25) is 0 Å². The number of benzene rings is 3. The summed E-state index contributed by atoms with van der Waals surface area (Å²) < 4.78 is 51.7. The molecule has 0 fully saturated rings. The maximum absolute atomic E-state index is 13.1. The van der Waals surface area contributed by atoms with Gasteiger partial charge in [0.1, 0.15) is 11.6 Å². The van der Waals surface area contributed by atoms with Gasteiger partial charge in [-0.05, 0) is 48.5 Å². The van der Waals surface area contributed by atoms with Gasteiger partial charge in [0.25, 0.3) is 15.9 Å². The van der Waals surface area contributed by atoms with Crippen molar-refractivity contribution in [2.75, 3.05) is 11.8 Å². The number of nitrogens with one attached hydrogen (secondary N) is 1. The fraction of sp³-hybridized carbons (Fsp3) is 0.0476. The van der Waals surface area contributed by atoms with Gasteiger partial charge in [-0.1, -0.05) is 29.4 Å². The summed E-state index contributed by atoms with van der Waals surface area (Å²) >= 11 is 0. The Bertz CT molecular complexity index is 1290. The van der Waals surface area contributed by atoms with Crippen LogP contribution in [0.15, 0.2) is 82.2 Å². The molecule has 3 aromatic carbocycles. The Labute approximate surface area is 172 Å². The minimum Gasteiger partial charge on any atom is -0.496 e. The number of halogens is 1. The van der Waals surface area contributed by atoms with E-state index >= 15 is 0 Å². The number of rotatable bonds is 6. The lowest BCUT2D eigenvalue weighted by Crippen LogP contribution is -2.13. The fourth-order valence-electron chi connectivity index (χ4n) is 2.85. The van der Waals surface area contributed by atoms with Crippen LogP contribution in [0.1, 0.15) is 0 Å². The lowest BCUT2D eigenvalue weighted by Gasteiger charge is -2.10. The largest absolute Gasteiger partial charge is 0.496 e. The third-order valence-corrected chi connectivity index (χ3v) is 5.68. The van der Waals surface area contributed by atoms with E-state index in [1.807, 2.05) is 12.1 Å². The minimum absolute atomic E-state index is 0.0704. The average molecular weight is 425 g/mol. The highest BCUT2D eigenvalue weighted by Crippen LogP contribution is 2.32. The average Bonchev–Trinajstić information content (AvgIpc) is 3.24. The van der Waals surface area contributed by atoms with Crippen molar-refractivity contribution in [2.45, 2.75) is 4.90 Å². The third-order valence-electron chi connectivity index (χ3n) is 4.30. The summed E-state index contributed by atoms with van der Waals surface area (Å²) in [6.07, 6.45) is 0. The van der Waals surface area contributed by atoms with Gasteiger partial charge < -0.3 is 9.26 Å². The molecule has 0 amide bonds. The zero-order chi connectivity index (χ0) is 21.1. The second-order valence-electron chi connectivity index (χ2n) is 6.23. The van der Waals surface area contributed by atoms with Crippen LogP contribution in [0.25, 0.3) is 22.8 Å². The first-order valence-corrected chi connectivity index (χ1v) is 10.3. The molecule has 0 saturated carbocycles. The molecule has 4 rings (SSSR count). The van der Waals surface area contributed by atoms with Crippen LogP contribution in [0.4, 0.5) is 10.1 Å². The van der Waals surface area contributed by atoms with Crippen LogP contribution < -0.4 is 9.46 Å². The fourth-order valence-corrected chi connectivity index (χ4v) is 3.93. The van der Waals surface area contributed by atoms with Gasteiger partial charge in [0.05, 0.1) is 28.8 Å². The number of hydrogen-bond donors (Lipinski definition) is 1. The molecule has 1 N–H and O–H groups in total. The molecule has 0 saturated heterocycles. The number of nitrogens with zero attached hydrogens (tertiary/aromatic N) is 2. The van der Waals surface area contributed by atoms with Gasteiger partial charge in [-0.15, -0.1) is 0 Å². The standard InChI is InChI=1S/C21H16FN3O4S/c1-28-19-9-5-3-7-17(19)20-23-21(29-24-20)16-6-2-4-8-18(16)25-30(26,27)15-12-10-14(22)11-13-15/h2-13,25H,1H3. The van der Waals surface area contributed by atoms with E-state index in [4.69, 9.17) is 9.26 Å². The number of aromatic nitrogens is 2. The predicted molar refractivity (Wildman–Crippen MR) is 109 cm³/mol. The summed E-state index contributed by atoms with van der Waals surface area (Å²) in [5.41, 5.74) is 1.29. The lowest BCUT2D eigenvalue weighted by atomic mass is 10.1. The maximum atomic E-state index is 13.1. The summed E-state index contributed by atoms with van der Waals surface area (Å²) in [5, 5.41) is 3.99. The number of hydrogen-bond acceptors (Lipinski definition) is 6. The first-order chi connectivity index (χ1) is 14.5. The van der Waals surface area contributed by atoms with Crippen molar-refractivity contribution >= 4 is 15.7 Å². The Kier molecular flexibility index (Phi) is 5.20. The molecule has 0 atom stereocenters. The Hall–Kier alpha value is -3.72. The van der Waals surface area contributed by atoms with E-state index in [1.165, 1.54) is 12.1 Å². The molecule has 0 bridgehead atoms. The van der Waals surface area contributed by atoms with Crippen molar-refractivity contribution in [2.24, 2.45) is 0 Å². The van der Waals surface area contributed by atoms with Crippen molar-refractivity contribution < 1.29 is 22.1 Å². The van der Waals surface area contributed by atoms with Gasteiger partial charge in [-0.3, -0.25) is 4.72 Å². The molecule has 4 aromatic rings. The Morgan fingerprint density at radius 1 is 0.933 bits per heavy atom. The highest BCUT2D eigenvalue weighted by molar-refractivity contribution is 7.92. The molecule has 1 aromatic heterocycles. The van der Waals surface area contributed by atoms with E-state index < -0.39 is 15.8 Å². The Morgan fingerprint density at radius 2 is 1.60 bits per heavy atom. The van der Waals surface area contributed by atoms with E-state index in [0.717, 1.165) is 12.1 Å². The van der Waals surface area contributed by atoms with E-state index in [1.54, 1.807) is 43.5 Å². The van der Waals surface area contributed by atoms with Gasteiger partial charge in [-0.2, -0.15) is 4.98 Å². The second kappa shape index (κ2) is 7.96. The molecular formula is C21H16FN3O4S. The van der Waals surface area contributed by atoms with Crippen molar-refractivity contribution in [3.8, 4) is 28.6 Å². The van der Waals surface area contributed by atoms with Crippen LogP contribution in [-0.2, 0) is 10.0 Å². The molecular weight excluding hydrogens is 409 g/mol. The monoisotopic (exact) mass is 425 g/mol. The van der Waals surface area contributed by atoms with Crippen LogP contribution in [0, 0.1) is 5.82 Å². The predicted octanol–water partition coefficient (Wildman–Crippen LogP) is 4.35. The van der Waals surface area contributed by atoms with Gasteiger partial charge in [0, 0.05) is 0 Å². The normalized spacial score (nSPS) is 11.3. The summed E-state index contributed by atoms with van der Waals surface area (Å²) in [4.78, 5) is 4.32. The lowest BCUT2D eigenvalue weighted by molar-refractivity contribution is 0.413. The zero-order valence-corrected chi connectivity index (χ0v) is 16.6. The molecule has 1 heterocycles. The minimum atomic E-state index is -3.94. The topological polar surface area (TPSA) is 94.3 Å². The highest BCUT2D eigenvalue weighted by Gasteiger charge is 2.20. The van der Waals surface area contributed by atoms with Crippen LogP contribution in [-0.4, -0.2) is 25.7 Å². The van der Waals surface area contributed by atoms with Gasteiger partial charge in [-0.25, -0.2) is 12.8 Å². The van der Waals surface area contributed by atoms with E-state index in [0.29, 0.717) is 22.7 Å². The van der Waals surface area contributed by atoms with Crippen molar-refractivity contribution in [3.63, 3.8) is 0 Å². The van der Waals surface area contributed by atoms with Gasteiger partial charge in [0.2, 0.25) is 5.82 Å². The maximum Gasteiger partial charge on any atom is 0.261 e. The number of ether oxygens (including phenoxy) is 1. The van der Waals surface area contributed by atoms with Crippen LogP contribution in [0.3, 0.4) is 0 Å². The molecule has 0 spiro atoms. The summed E-state index contributed by atoms with van der Waals surface area (Å²) in [7, 11) is -2.40. The van der Waals surface area contributed by atoms with Crippen LogP contribution in [0.5, 0.6) is 5.75 Å². The molecule has 0 radical (unpaired) electrons. The number of anilines is 1. The molecule has 7 nitrogen and oxygen atoms in total. The molecule has 9 heteroatoms. The van der Waals surface area contributed by atoms with Crippen molar-refractivity contribution in [1.29, 1.82) is 0 Å². The molecule has 30 heavy (non-hydrogen) atoms. The summed E-state index contributed by atoms with van der Waals surface area (Å²) in [5.74, 6) is 0.492. The number of para-hydroxylation sites is 2. The van der Waals surface area contributed by atoms with Crippen LogP contribution >= 0.6 is 0 Å². The van der Waals surface area contributed by atoms with Gasteiger partial charge >= 0.3 is 0 Å². The zero-order valence-electron chi connectivity index (χ0n) is 15.7. The summed E-state index contributed by atoms with van der Waals surface area (Å²) in [6.45, 7) is 0. The Morgan fingerprint density at radius 3 is 2.33 bits per heavy atom. The molecule has 0 unspecified atom stereocenters. The summed E-state index contributed by atoms with van der Waals surface area (Å²) in [6, 6.07) is 18.4. The SMILES string of the molecule is COc1ccccc1-c1noc(-c2ccccc2NS(=O)(=O)c2ccc(F)cc2)n1. The van der Waals surface area contributed by atoms with E-state index in [-0.39, 0.29) is 16.5 Å². The molecule has 0 aliphatic carbocycles. The smallest absolute Gasteiger partial charge is 0.261 e. The van der Waals surface area contributed by atoms with E-state index in [9.17, 15) is 12.8 Å². The quantitative estimate of drug-likeness (QED) is 0.494. The molecule has 152 valence electrons.